The number of carbonyl (C=O) groups is 1. The quantitative estimate of drug-likeness (QED) is 0.830. The summed E-state index contributed by atoms with van der Waals surface area (Å²) in [6, 6.07) is 4.95. The zero-order valence-corrected chi connectivity index (χ0v) is 15.8. The Hall–Kier alpha value is -2.05. The number of nitrogens with one attached hydrogen (secondary N) is 1. The molecule has 0 spiro atoms. The van der Waals surface area contributed by atoms with Crippen LogP contribution in [-0.4, -0.2) is 35.1 Å². The van der Waals surface area contributed by atoms with Gasteiger partial charge in [0.1, 0.15) is 6.10 Å². The SMILES string of the molecule is COc1cncc(OC2CCC(NC(=O)c3ccc(Cl)cc3Cl)CC2)n1. The third kappa shape index (κ3) is 4.77. The molecule has 2 aromatic rings. The summed E-state index contributed by atoms with van der Waals surface area (Å²) in [7, 11) is 1.54. The Bertz CT molecular complexity index is 780. The van der Waals surface area contributed by atoms with E-state index in [4.69, 9.17) is 32.7 Å². The Labute approximate surface area is 161 Å². The number of hydrogen-bond acceptors (Lipinski definition) is 5. The van der Waals surface area contributed by atoms with Crippen molar-refractivity contribution in [2.45, 2.75) is 37.8 Å². The molecule has 1 saturated carbocycles. The molecule has 8 heteroatoms. The standard InChI is InChI=1S/C18H19Cl2N3O3/c1-25-16-9-21-10-17(23-16)26-13-5-3-12(4-6-13)22-18(24)14-7-2-11(19)8-15(14)20/h2,7-10,12-13H,3-6H2,1H3,(H,22,24). The third-order valence-electron chi connectivity index (χ3n) is 4.27. The number of amides is 1. The van der Waals surface area contributed by atoms with Crippen LogP contribution in [0.1, 0.15) is 36.0 Å². The van der Waals surface area contributed by atoms with Crippen molar-refractivity contribution in [1.82, 2.24) is 15.3 Å². The predicted octanol–water partition coefficient (Wildman–Crippen LogP) is 3.91. The van der Waals surface area contributed by atoms with Gasteiger partial charge in [-0.15, -0.1) is 0 Å². The maximum Gasteiger partial charge on any atom is 0.253 e. The smallest absolute Gasteiger partial charge is 0.253 e. The zero-order chi connectivity index (χ0) is 18.5. The average molecular weight is 396 g/mol. The molecule has 1 aromatic carbocycles. The van der Waals surface area contributed by atoms with E-state index < -0.39 is 0 Å². The maximum atomic E-state index is 12.4. The summed E-state index contributed by atoms with van der Waals surface area (Å²) in [5, 5.41) is 3.88. The van der Waals surface area contributed by atoms with Gasteiger partial charge in [0.15, 0.2) is 0 Å². The van der Waals surface area contributed by atoms with Gasteiger partial charge in [-0.3, -0.25) is 9.78 Å². The van der Waals surface area contributed by atoms with Crippen molar-refractivity contribution < 1.29 is 14.3 Å². The maximum absolute atomic E-state index is 12.4. The highest BCUT2D eigenvalue weighted by atomic mass is 35.5. The summed E-state index contributed by atoms with van der Waals surface area (Å²) in [5.74, 6) is 0.683. The van der Waals surface area contributed by atoms with Gasteiger partial charge < -0.3 is 14.8 Å². The van der Waals surface area contributed by atoms with Crippen molar-refractivity contribution >= 4 is 29.1 Å². The molecule has 0 aliphatic heterocycles. The van der Waals surface area contributed by atoms with Crippen LogP contribution in [0.25, 0.3) is 0 Å². The number of methoxy groups -OCH3 is 1. The lowest BCUT2D eigenvalue weighted by Crippen LogP contribution is -2.39. The Balaban J connectivity index is 1.51. The van der Waals surface area contributed by atoms with Crippen LogP contribution in [0.3, 0.4) is 0 Å². The summed E-state index contributed by atoms with van der Waals surface area (Å²) in [6.07, 6.45) is 6.41. The lowest BCUT2D eigenvalue weighted by Gasteiger charge is -2.29. The molecule has 0 saturated heterocycles. The molecule has 1 aliphatic carbocycles. The van der Waals surface area contributed by atoms with Crippen LogP contribution in [0.2, 0.25) is 10.0 Å². The van der Waals surface area contributed by atoms with Gasteiger partial charge in [0.05, 0.1) is 30.1 Å². The molecule has 1 aliphatic rings. The van der Waals surface area contributed by atoms with Gasteiger partial charge in [-0.1, -0.05) is 23.2 Å². The summed E-state index contributed by atoms with van der Waals surface area (Å²) >= 11 is 12.0. The van der Waals surface area contributed by atoms with Crippen LogP contribution in [0.4, 0.5) is 0 Å². The molecule has 0 unspecified atom stereocenters. The predicted molar refractivity (Wildman–Crippen MR) is 99.2 cm³/mol. The molecule has 1 heterocycles. The van der Waals surface area contributed by atoms with Gasteiger partial charge in [0, 0.05) is 11.1 Å². The third-order valence-corrected chi connectivity index (χ3v) is 4.82. The molecule has 0 atom stereocenters. The van der Waals surface area contributed by atoms with Crippen LogP contribution in [0.5, 0.6) is 11.8 Å². The van der Waals surface area contributed by atoms with Crippen LogP contribution < -0.4 is 14.8 Å². The first kappa shape index (κ1) is 18.7. The molecular formula is C18H19Cl2N3O3. The van der Waals surface area contributed by atoms with Crippen LogP contribution in [-0.2, 0) is 0 Å². The topological polar surface area (TPSA) is 73.3 Å². The number of hydrogen-bond donors (Lipinski definition) is 1. The number of aromatic nitrogens is 2. The van der Waals surface area contributed by atoms with Gasteiger partial charge >= 0.3 is 0 Å². The summed E-state index contributed by atoms with van der Waals surface area (Å²) < 4.78 is 10.9. The van der Waals surface area contributed by atoms with E-state index in [1.165, 1.54) is 13.3 Å². The first-order valence-corrected chi connectivity index (χ1v) is 9.09. The van der Waals surface area contributed by atoms with Crippen molar-refractivity contribution in [3.8, 4) is 11.8 Å². The lowest BCUT2D eigenvalue weighted by molar-refractivity contribution is 0.0889. The first-order valence-electron chi connectivity index (χ1n) is 8.33. The number of rotatable bonds is 5. The fraction of sp³-hybridized carbons (Fsp3) is 0.389. The van der Waals surface area contributed by atoms with E-state index in [1.807, 2.05) is 0 Å². The molecular weight excluding hydrogens is 377 g/mol. The van der Waals surface area contributed by atoms with Gasteiger partial charge in [-0.25, -0.2) is 0 Å². The molecule has 138 valence electrons. The minimum atomic E-state index is -0.185. The van der Waals surface area contributed by atoms with E-state index in [2.05, 4.69) is 15.3 Å². The molecule has 0 radical (unpaired) electrons. The average Bonchev–Trinajstić information content (AvgIpc) is 2.63. The minimum absolute atomic E-state index is 0.0451. The largest absolute Gasteiger partial charge is 0.480 e. The second-order valence-electron chi connectivity index (χ2n) is 6.09. The molecule has 3 rings (SSSR count). The van der Waals surface area contributed by atoms with Gasteiger partial charge in [-0.2, -0.15) is 4.98 Å². The molecule has 0 bridgehead atoms. The Morgan fingerprint density at radius 2 is 1.88 bits per heavy atom. The highest BCUT2D eigenvalue weighted by Crippen LogP contribution is 2.25. The van der Waals surface area contributed by atoms with E-state index in [0.717, 1.165) is 25.7 Å². The molecule has 1 aromatic heterocycles. The lowest BCUT2D eigenvalue weighted by atomic mass is 9.92. The summed E-state index contributed by atoms with van der Waals surface area (Å²) in [6.45, 7) is 0. The van der Waals surface area contributed by atoms with E-state index in [1.54, 1.807) is 24.4 Å². The number of carbonyl (C=O) groups excluding carboxylic acids is 1. The Morgan fingerprint density at radius 3 is 2.58 bits per heavy atom. The van der Waals surface area contributed by atoms with Crippen LogP contribution in [0.15, 0.2) is 30.6 Å². The number of ether oxygens (including phenoxy) is 2. The number of nitrogens with zero attached hydrogens (tertiary/aromatic N) is 2. The Morgan fingerprint density at radius 1 is 1.15 bits per heavy atom. The first-order chi connectivity index (χ1) is 12.5. The minimum Gasteiger partial charge on any atom is -0.480 e. The fourth-order valence-electron chi connectivity index (χ4n) is 2.92. The molecule has 1 fully saturated rings. The van der Waals surface area contributed by atoms with Gasteiger partial charge in [0.2, 0.25) is 11.8 Å². The summed E-state index contributed by atoms with van der Waals surface area (Å²) in [5.41, 5.74) is 0.432. The number of benzene rings is 1. The van der Waals surface area contributed by atoms with E-state index in [9.17, 15) is 4.79 Å². The van der Waals surface area contributed by atoms with E-state index in [0.29, 0.717) is 27.4 Å². The highest BCUT2D eigenvalue weighted by molar-refractivity contribution is 6.36. The second kappa shape index (κ2) is 8.56. The van der Waals surface area contributed by atoms with E-state index in [-0.39, 0.29) is 18.1 Å². The molecule has 26 heavy (non-hydrogen) atoms. The van der Waals surface area contributed by atoms with Gasteiger partial charge in [-0.05, 0) is 43.9 Å². The molecule has 6 nitrogen and oxygen atoms in total. The molecule has 1 N–H and O–H groups in total. The fourth-order valence-corrected chi connectivity index (χ4v) is 3.41. The number of halogens is 2. The second-order valence-corrected chi connectivity index (χ2v) is 6.93. The zero-order valence-electron chi connectivity index (χ0n) is 14.2. The van der Waals surface area contributed by atoms with Crippen molar-refractivity contribution in [2.75, 3.05) is 7.11 Å². The molecule has 1 amide bonds. The highest BCUT2D eigenvalue weighted by Gasteiger charge is 2.25. The van der Waals surface area contributed by atoms with Crippen molar-refractivity contribution in [3.63, 3.8) is 0 Å². The van der Waals surface area contributed by atoms with Crippen LogP contribution >= 0.6 is 23.2 Å². The normalized spacial score (nSPS) is 19.7. The van der Waals surface area contributed by atoms with Crippen molar-refractivity contribution in [2.24, 2.45) is 0 Å². The summed E-state index contributed by atoms with van der Waals surface area (Å²) in [4.78, 5) is 20.6. The van der Waals surface area contributed by atoms with E-state index >= 15 is 0 Å². The van der Waals surface area contributed by atoms with Gasteiger partial charge in [0.25, 0.3) is 5.91 Å². The van der Waals surface area contributed by atoms with Crippen molar-refractivity contribution in [1.29, 1.82) is 0 Å². The van der Waals surface area contributed by atoms with Crippen molar-refractivity contribution in [3.05, 3.63) is 46.2 Å². The Kier molecular flexibility index (Phi) is 6.16. The van der Waals surface area contributed by atoms with Crippen LogP contribution in [0, 0.1) is 0 Å². The monoisotopic (exact) mass is 395 g/mol.